The molecule has 0 bridgehead atoms. The van der Waals surface area contributed by atoms with E-state index in [1.54, 1.807) is 21.3 Å². The van der Waals surface area contributed by atoms with Crippen molar-refractivity contribution in [2.75, 3.05) is 51.0 Å². The van der Waals surface area contributed by atoms with Gasteiger partial charge < -0.3 is 20.1 Å². The molecule has 32 heavy (non-hydrogen) atoms. The van der Waals surface area contributed by atoms with Gasteiger partial charge >= 0.3 is 0 Å². The molecule has 2 aromatic rings. The number of anilines is 1. The second-order valence-electron chi connectivity index (χ2n) is 7.13. The number of ether oxygens (including phenoxy) is 2. The van der Waals surface area contributed by atoms with Crippen LogP contribution in [0.1, 0.15) is 11.1 Å². The molecule has 2 N–H and O–H groups in total. The summed E-state index contributed by atoms with van der Waals surface area (Å²) in [5, 5.41) is 6.30. The molecule has 0 radical (unpaired) electrons. The van der Waals surface area contributed by atoms with Crippen molar-refractivity contribution in [3.63, 3.8) is 0 Å². The Labute approximate surface area is 207 Å². The standard InChI is InChI=1S/C22H30N4O4S.HI/c1-23-22(24-12-10-17-8-9-20(29-2)21(16-17)30-3)25-13-15-31(27,28)26-14-11-18-6-4-5-7-19(18)26;/h4-9,16H,10-15H2,1-3H3,(H2,23,24,25);1H. The van der Waals surface area contributed by atoms with Gasteiger partial charge in [-0.3, -0.25) is 9.30 Å². The van der Waals surface area contributed by atoms with Crippen molar-refractivity contribution in [3.8, 4) is 11.5 Å². The van der Waals surface area contributed by atoms with Crippen LogP contribution in [0.4, 0.5) is 5.69 Å². The number of fused-ring (bicyclic) bond motifs is 1. The van der Waals surface area contributed by atoms with E-state index in [1.807, 2.05) is 42.5 Å². The number of hydrogen-bond donors (Lipinski definition) is 2. The van der Waals surface area contributed by atoms with Crippen molar-refractivity contribution >= 4 is 45.6 Å². The van der Waals surface area contributed by atoms with Crippen molar-refractivity contribution in [1.29, 1.82) is 0 Å². The average Bonchev–Trinajstić information content (AvgIpc) is 3.23. The first-order valence-electron chi connectivity index (χ1n) is 10.2. The number of halogens is 1. The number of hydrogen-bond acceptors (Lipinski definition) is 5. The average molecular weight is 574 g/mol. The van der Waals surface area contributed by atoms with Crippen LogP contribution < -0.4 is 24.4 Å². The fourth-order valence-electron chi connectivity index (χ4n) is 3.59. The highest BCUT2D eigenvalue weighted by atomic mass is 127. The molecular formula is C22H31IN4O4S. The lowest BCUT2D eigenvalue weighted by Crippen LogP contribution is -2.42. The van der Waals surface area contributed by atoms with Crippen LogP contribution in [0.3, 0.4) is 0 Å². The highest BCUT2D eigenvalue weighted by Gasteiger charge is 2.28. The number of para-hydroxylation sites is 1. The Kier molecular flexibility index (Phi) is 9.88. The quantitative estimate of drug-likeness (QED) is 0.272. The number of rotatable bonds is 9. The molecule has 1 aliphatic heterocycles. The first kappa shape index (κ1) is 26.0. The molecule has 8 nitrogen and oxygen atoms in total. The summed E-state index contributed by atoms with van der Waals surface area (Å²) in [6.07, 6.45) is 1.51. The van der Waals surface area contributed by atoms with E-state index < -0.39 is 10.0 Å². The molecule has 0 saturated heterocycles. The van der Waals surface area contributed by atoms with Crippen LogP contribution in [0.5, 0.6) is 11.5 Å². The molecule has 0 spiro atoms. The molecule has 0 amide bonds. The lowest BCUT2D eigenvalue weighted by molar-refractivity contribution is 0.354. The zero-order valence-electron chi connectivity index (χ0n) is 18.6. The van der Waals surface area contributed by atoms with Crippen LogP contribution >= 0.6 is 24.0 Å². The summed E-state index contributed by atoms with van der Waals surface area (Å²) < 4.78 is 37.7. The zero-order valence-corrected chi connectivity index (χ0v) is 21.8. The maximum Gasteiger partial charge on any atom is 0.236 e. The second-order valence-corrected chi connectivity index (χ2v) is 9.14. The van der Waals surface area contributed by atoms with E-state index in [0.717, 1.165) is 29.7 Å². The van der Waals surface area contributed by atoms with E-state index >= 15 is 0 Å². The number of sulfonamides is 1. The molecule has 2 aromatic carbocycles. The van der Waals surface area contributed by atoms with Gasteiger partial charge in [0, 0.05) is 26.7 Å². The summed E-state index contributed by atoms with van der Waals surface area (Å²) in [7, 11) is 1.49. The predicted octanol–water partition coefficient (Wildman–Crippen LogP) is 2.42. The minimum absolute atomic E-state index is 0. The Morgan fingerprint density at radius 1 is 1.06 bits per heavy atom. The van der Waals surface area contributed by atoms with Gasteiger partial charge in [0.25, 0.3) is 0 Å². The van der Waals surface area contributed by atoms with E-state index in [4.69, 9.17) is 9.47 Å². The summed E-state index contributed by atoms with van der Waals surface area (Å²) in [5.41, 5.74) is 2.96. The van der Waals surface area contributed by atoms with Gasteiger partial charge in [-0.25, -0.2) is 8.42 Å². The number of benzene rings is 2. The molecule has 0 atom stereocenters. The van der Waals surface area contributed by atoms with E-state index in [-0.39, 0.29) is 36.3 Å². The lowest BCUT2D eigenvalue weighted by atomic mass is 10.1. The number of nitrogens with zero attached hydrogens (tertiary/aromatic N) is 2. The highest BCUT2D eigenvalue weighted by Crippen LogP contribution is 2.30. The monoisotopic (exact) mass is 574 g/mol. The molecule has 0 saturated carbocycles. The third-order valence-electron chi connectivity index (χ3n) is 5.21. The molecule has 10 heteroatoms. The second kappa shape index (κ2) is 12.1. The summed E-state index contributed by atoms with van der Waals surface area (Å²) in [6.45, 7) is 1.42. The van der Waals surface area contributed by atoms with E-state index in [9.17, 15) is 8.42 Å². The number of aliphatic imine (C=N–C) groups is 1. The topological polar surface area (TPSA) is 92.3 Å². The molecule has 1 aliphatic rings. The van der Waals surface area contributed by atoms with Crippen molar-refractivity contribution in [2.45, 2.75) is 12.8 Å². The summed E-state index contributed by atoms with van der Waals surface area (Å²) in [4.78, 5) is 4.17. The van der Waals surface area contributed by atoms with Crippen LogP contribution in [-0.2, 0) is 22.9 Å². The Morgan fingerprint density at radius 2 is 1.78 bits per heavy atom. The van der Waals surface area contributed by atoms with Crippen molar-refractivity contribution in [3.05, 3.63) is 53.6 Å². The number of nitrogens with one attached hydrogen (secondary N) is 2. The summed E-state index contributed by atoms with van der Waals surface area (Å²) in [6, 6.07) is 13.5. The highest BCUT2D eigenvalue weighted by molar-refractivity contribution is 14.0. The van der Waals surface area contributed by atoms with E-state index in [0.29, 0.717) is 30.5 Å². The molecule has 1 heterocycles. The Balaban J connectivity index is 0.00000363. The molecule has 176 valence electrons. The maximum atomic E-state index is 12.8. The first-order chi connectivity index (χ1) is 15.0. The molecule has 0 aromatic heterocycles. The van der Waals surface area contributed by atoms with Crippen LogP contribution in [0.2, 0.25) is 0 Å². The van der Waals surface area contributed by atoms with E-state index in [1.165, 1.54) is 4.31 Å². The Hall–Kier alpha value is -2.21. The summed E-state index contributed by atoms with van der Waals surface area (Å²) in [5.74, 6) is 1.95. The fraction of sp³-hybridized carbons (Fsp3) is 0.409. The SMILES string of the molecule is CN=C(NCCc1ccc(OC)c(OC)c1)NCCS(=O)(=O)N1CCc2ccccc21.I. The van der Waals surface area contributed by atoms with Crippen LogP contribution in [0.15, 0.2) is 47.5 Å². The third-order valence-corrected chi connectivity index (χ3v) is 6.98. The zero-order chi connectivity index (χ0) is 22.3. The minimum atomic E-state index is -3.39. The van der Waals surface area contributed by atoms with Gasteiger partial charge in [-0.1, -0.05) is 24.3 Å². The van der Waals surface area contributed by atoms with Gasteiger partial charge in [0.2, 0.25) is 10.0 Å². The predicted molar refractivity (Wildman–Crippen MR) is 139 cm³/mol. The van der Waals surface area contributed by atoms with Crippen molar-refractivity contribution in [1.82, 2.24) is 10.6 Å². The van der Waals surface area contributed by atoms with Gasteiger partial charge in [0.05, 0.1) is 25.7 Å². The van der Waals surface area contributed by atoms with Gasteiger partial charge in [0.1, 0.15) is 0 Å². The van der Waals surface area contributed by atoms with E-state index in [2.05, 4.69) is 15.6 Å². The lowest BCUT2D eigenvalue weighted by Gasteiger charge is -2.20. The number of guanidine groups is 1. The Morgan fingerprint density at radius 3 is 2.50 bits per heavy atom. The van der Waals surface area contributed by atoms with Gasteiger partial charge in [-0.2, -0.15) is 0 Å². The number of methoxy groups -OCH3 is 2. The van der Waals surface area contributed by atoms with Crippen LogP contribution in [-0.4, -0.2) is 61.0 Å². The summed E-state index contributed by atoms with van der Waals surface area (Å²) >= 11 is 0. The molecule has 0 aliphatic carbocycles. The van der Waals surface area contributed by atoms with Gasteiger partial charge in [0.15, 0.2) is 17.5 Å². The molecule has 0 fully saturated rings. The molecule has 3 rings (SSSR count). The molecule has 0 unspecified atom stereocenters. The normalized spacial score (nSPS) is 13.2. The third kappa shape index (κ3) is 6.41. The van der Waals surface area contributed by atoms with Crippen LogP contribution in [0.25, 0.3) is 0 Å². The molecular weight excluding hydrogens is 543 g/mol. The fourth-order valence-corrected chi connectivity index (χ4v) is 5.02. The maximum absolute atomic E-state index is 12.8. The van der Waals surface area contributed by atoms with Gasteiger partial charge in [-0.05, 0) is 42.2 Å². The van der Waals surface area contributed by atoms with Crippen LogP contribution in [0, 0.1) is 0 Å². The van der Waals surface area contributed by atoms with Gasteiger partial charge in [-0.15, -0.1) is 24.0 Å². The smallest absolute Gasteiger partial charge is 0.236 e. The Bertz CT molecular complexity index is 1030. The first-order valence-corrected chi connectivity index (χ1v) is 11.8. The minimum Gasteiger partial charge on any atom is -0.493 e. The largest absolute Gasteiger partial charge is 0.493 e. The van der Waals surface area contributed by atoms with Crippen molar-refractivity contribution < 1.29 is 17.9 Å². The van der Waals surface area contributed by atoms with Crippen molar-refractivity contribution in [2.24, 2.45) is 4.99 Å².